The molecule has 0 aliphatic heterocycles. The molecular formula is C10H11BN2O2. The fourth-order valence-electron chi connectivity index (χ4n) is 1.84. The van der Waals surface area contributed by atoms with Crippen LogP contribution in [0.1, 0.15) is 18.9 Å². The molecule has 0 bridgehead atoms. The van der Waals surface area contributed by atoms with Crippen molar-refractivity contribution in [1.29, 1.82) is 0 Å². The Labute approximate surface area is 87.3 Å². The van der Waals surface area contributed by atoms with E-state index in [4.69, 9.17) is 10.0 Å². The Kier molecular flexibility index (Phi) is 1.84. The summed E-state index contributed by atoms with van der Waals surface area (Å²) in [6, 6.07) is 5.95. The minimum atomic E-state index is -1.40. The molecule has 0 unspecified atom stereocenters. The summed E-state index contributed by atoms with van der Waals surface area (Å²) >= 11 is 0. The molecule has 1 aromatic heterocycles. The number of hydrogen-bond donors (Lipinski definition) is 2. The second-order valence-electron chi connectivity index (χ2n) is 4.01. The molecule has 1 heterocycles. The standard InChI is InChI=1S/C10H11BN2O2/c14-11(15)8-1-4-10-7(5-8)6-12-13(10)9-2-3-9/h1,4-6,9,14-15H,2-3H2. The Morgan fingerprint density at radius 3 is 2.80 bits per heavy atom. The molecule has 15 heavy (non-hydrogen) atoms. The number of rotatable bonds is 2. The van der Waals surface area contributed by atoms with Crippen molar-refractivity contribution in [2.75, 3.05) is 0 Å². The van der Waals surface area contributed by atoms with Crippen LogP contribution in [0.25, 0.3) is 10.9 Å². The van der Waals surface area contributed by atoms with Crippen LogP contribution >= 0.6 is 0 Å². The highest BCUT2D eigenvalue weighted by Gasteiger charge is 2.25. The Morgan fingerprint density at radius 2 is 2.13 bits per heavy atom. The molecule has 1 aliphatic carbocycles. The predicted octanol–water partition coefficient (Wildman–Crippen LogP) is 0.0510. The number of aromatic nitrogens is 2. The fourth-order valence-corrected chi connectivity index (χ4v) is 1.84. The summed E-state index contributed by atoms with van der Waals surface area (Å²) in [6.45, 7) is 0. The van der Waals surface area contributed by atoms with Gasteiger partial charge in [0.25, 0.3) is 0 Å². The summed E-state index contributed by atoms with van der Waals surface area (Å²) in [6.07, 6.45) is 4.17. The SMILES string of the molecule is OB(O)c1ccc2c(cnn2C2CC2)c1. The van der Waals surface area contributed by atoms with Crippen molar-refractivity contribution in [3.05, 3.63) is 24.4 Å². The van der Waals surface area contributed by atoms with Crippen molar-refractivity contribution >= 4 is 23.5 Å². The summed E-state index contributed by atoms with van der Waals surface area (Å²) in [5.74, 6) is 0. The van der Waals surface area contributed by atoms with Gasteiger partial charge in [-0.2, -0.15) is 5.10 Å². The summed E-state index contributed by atoms with van der Waals surface area (Å²) in [5, 5.41) is 23.4. The first kappa shape index (κ1) is 8.94. The molecule has 5 heteroatoms. The molecule has 1 aliphatic rings. The number of fused-ring (bicyclic) bond motifs is 1. The Balaban J connectivity index is 2.13. The van der Waals surface area contributed by atoms with E-state index >= 15 is 0 Å². The Morgan fingerprint density at radius 1 is 1.33 bits per heavy atom. The van der Waals surface area contributed by atoms with Crippen molar-refractivity contribution in [3.8, 4) is 0 Å². The second kappa shape index (κ2) is 3.08. The van der Waals surface area contributed by atoms with Gasteiger partial charge < -0.3 is 10.0 Å². The van der Waals surface area contributed by atoms with Gasteiger partial charge in [-0.15, -0.1) is 0 Å². The molecule has 0 radical (unpaired) electrons. The minimum Gasteiger partial charge on any atom is -0.423 e. The zero-order chi connectivity index (χ0) is 10.4. The van der Waals surface area contributed by atoms with E-state index in [1.165, 1.54) is 12.8 Å². The van der Waals surface area contributed by atoms with Gasteiger partial charge in [0, 0.05) is 5.39 Å². The number of nitrogens with zero attached hydrogens (tertiary/aromatic N) is 2. The van der Waals surface area contributed by atoms with Crippen LogP contribution in [0.2, 0.25) is 0 Å². The van der Waals surface area contributed by atoms with E-state index in [2.05, 4.69) is 5.10 Å². The molecule has 0 saturated heterocycles. The Bertz CT molecular complexity index is 505. The highest BCUT2D eigenvalue weighted by Crippen LogP contribution is 2.36. The molecule has 2 N–H and O–H groups in total. The normalized spacial score (nSPS) is 15.9. The van der Waals surface area contributed by atoms with Gasteiger partial charge in [-0.3, -0.25) is 4.68 Å². The predicted molar refractivity (Wildman–Crippen MR) is 57.8 cm³/mol. The van der Waals surface area contributed by atoms with Crippen molar-refractivity contribution in [2.45, 2.75) is 18.9 Å². The van der Waals surface area contributed by atoms with Crippen LogP contribution < -0.4 is 5.46 Å². The van der Waals surface area contributed by atoms with Crippen molar-refractivity contribution < 1.29 is 10.0 Å². The van der Waals surface area contributed by atoms with Gasteiger partial charge in [-0.1, -0.05) is 12.1 Å². The van der Waals surface area contributed by atoms with Crippen molar-refractivity contribution in [3.63, 3.8) is 0 Å². The van der Waals surface area contributed by atoms with Gasteiger partial charge in [-0.25, -0.2) is 0 Å². The van der Waals surface area contributed by atoms with E-state index in [1.807, 2.05) is 10.7 Å². The van der Waals surface area contributed by atoms with Crippen LogP contribution in [0.15, 0.2) is 24.4 Å². The van der Waals surface area contributed by atoms with Crippen LogP contribution in [0.4, 0.5) is 0 Å². The molecular weight excluding hydrogens is 191 g/mol. The highest BCUT2D eigenvalue weighted by molar-refractivity contribution is 6.58. The van der Waals surface area contributed by atoms with E-state index in [-0.39, 0.29) is 0 Å². The van der Waals surface area contributed by atoms with Gasteiger partial charge in [-0.05, 0) is 24.4 Å². The van der Waals surface area contributed by atoms with E-state index in [9.17, 15) is 0 Å². The van der Waals surface area contributed by atoms with Crippen molar-refractivity contribution in [2.24, 2.45) is 0 Å². The second-order valence-corrected chi connectivity index (χ2v) is 4.01. The molecule has 0 atom stereocenters. The third-order valence-electron chi connectivity index (χ3n) is 2.81. The first-order chi connectivity index (χ1) is 7.25. The molecule has 1 aromatic carbocycles. The summed E-state index contributed by atoms with van der Waals surface area (Å²) in [7, 11) is -1.40. The zero-order valence-electron chi connectivity index (χ0n) is 8.17. The van der Waals surface area contributed by atoms with Gasteiger partial charge in [0.2, 0.25) is 0 Å². The van der Waals surface area contributed by atoms with E-state index in [0.29, 0.717) is 11.5 Å². The average molecular weight is 202 g/mol. The van der Waals surface area contributed by atoms with Crippen LogP contribution in [-0.4, -0.2) is 26.9 Å². The summed E-state index contributed by atoms with van der Waals surface area (Å²) in [4.78, 5) is 0. The maximum atomic E-state index is 9.04. The smallest absolute Gasteiger partial charge is 0.423 e. The lowest BCUT2D eigenvalue weighted by molar-refractivity contribution is 0.426. The zero-order valence-corrected chi connectivity index (χ0v) is 8.17. The van der Waals surface area contributed by atoms with Gasteiger partial charge in [0.1, 0.15) is 0 Å². The first-order valence-corrected chi connectivity index (χ1v) is 5.09. The molecule has 76 valence electrons. The third-order valence-corrected chi connectivity index (χ3v) is 2.81. The summed E-state index contributed by atoms with van der Waals surface area (Å²) in [5.41, 5.74) is 1.58. The molecule has 4 nitrogen and oxygen atoms in total. The Hall–Kier alpha value is -1.33. The van der Waals surface area contributed by atoms with Crippen LogP contribution in [0.5, 0.6) is 0 Å². The maximum Gasteiger partial charge on any atom is 0.488 e. The number of benzene rings is 1. The monoisotopic (exact) mass is 202 g/mol. The first-order valence-electron chi connectivity index (χ1n) is 5.09. The maximum absolute atomic E-state index is 9.04. The molecule has 0 amide bonds. The highest BCUT2D eigenvalue weighted by atomic mass is 16.4. The van der Waals surface area contributed by atoms with E-state index in [1.54, 1.807) is 18.3 Å². The van der Waals surface area contributed by atoms with Gasteiger partial charge in [0.15, 0.2) is 0 Å². The third kappa shape index (κ3) is 1.44. The minimum absolute atomic E-state index is 0.512. The quantitative estimate of drug-likeness (QED) is 0.676. The molecule has 1 saturated carbocycles. The molecule has 1 fully saturated rings. The van der Waals surface area contributed by atoms with Gasteiger partial charge in [0.05, 0.1) is 17.8 Å². The lowest BCUT2D eigenvalue weighted by Gasteiger charge is -2.02. The topological polar surface area (TPSA) is 58.3 Å². The van der Waals surface area contributed by atoms with Crippen LogP contribution in [0, 0.1) is 0 Å². The van der Waals surface area contributed by atoms with Crippen LogP contribution in [0.3, 0.4) is 0 Å². The van der Waals surface area contributed by atoms with Crippen LogP contribution in [-0.2, 0) is 0 Å². The molecule has 3 rings (SSSR count). The van der Waals surface area contributed by atoms with Gasteiger partial charge >= 0.3 is 7.12 Å². The molecule has 2 aromatic rings. The van der Waals surface area contributed by atoms with Crippen molar-refractivity contribution in [1.82, 2.24) is 9.78 Å². The summed E-state index contributed by atoms with van der Waals surface area (Å²) < 4.78 is 2.02. The van der Waals surface area contributed by atoms with E-state index in [0.717, 1.165) is 10.9 Å². The largest absolute Gasteiger partial charge is 0.488 e. The van der Waals surface area contributed by atoms with E-state index < -0.39 is 7.12 Å². The lowest BCUT2D eigenvalue weighted by Crippen LogP contribution is -2.29. The molecule has 0 spiro atoms. The average Bonchev–Trinajstić information content (AvgIpc) is 2.98. The fraction of sp³-hybridized carbons (Fsp3) is 0.300. The lowest BCUT2D eigenvalue weighted by atomic mass is 9.80. The number of hydrogen-bond acceptors (Lipinski definition) is 3.